The van der Waals surface area contributed by atoms with Crippen LogP contribution in [0.1, 0.15) is 5.56 Å². The van der Waals surface area contributed by atoms with Gasteiger partial charge < -0.3 is 16.0 Å². The number of nitrogens with one attached hydrogen (secondary N) is 3. The van der Waals surface area contributed by atoms with Gasteiger partial charge in [0.05, 0.1) is 23.8 Å². The summed E-state index contributed by atoms with van der Waals surface area (Å²) in [6.45, 7) is 2.11. The lowest BCUT2D eigenvalue weighted by Crippen LogP contribution is -2.29. The van der Waals surface area contributed by atoms with Crippen molar-refractivity contribution in [2.75, 3.05) is 17.6 Å². The number of hydrogen-bond donors (Lipinski definition) is 4. The molecule has 0 aliphatic rings. The number of aromatic nitrogens is 4. The zero-order chi connectivity index (χ0) is 17.1. The van der Waals surface area contributed by atoms with Crippen LogP contribution < -0.4 is 16.4 Å². The van der Waals surface area contributed by atoms with Crippen LogP contribution in [0, 0.1) is 19.3 Å². The van der Waals surface area contributed by atoms with E-state index in [4.69, 9.17) is 12.2 Å². The number of imidazole rings is 1. The first-order valence-electron chi connectivity index (χ1n) is 7.14. The van der Waals surface area contributed by atoms with Gasteiger partial charge in [-0.2, -0.15) is 0 Å². The maximum absolute atomic E-state index is 11.6. The Morgan fingerprint density at radius 3 is 3.04 bits per heavy atom. The number of amides is 2. The monoisotopic (exact) mass is 321 g/mol. The van der Waals surface area contributed by atoms with Gasteiger partial charge in [0.15, 0.2) is 23.2 Å². The molecule has 0 atom stereocenters. The van der Waals surface area contributed by atoms with Crippen LogP contribution in [-0.2, 0) is 0 Å². The predicted molar refractivity (Wildman–Crippen MR) is 92.1 cm³/mol. The van der Waals surface area contributed by atoms with Crippen molar-refractivity contribution < 1.29 is 4.79 Å². The molecule has 0 saturated heterocycles. The molecule has 120 valence electrons. The summed E-state index contributed by atoms with van der Waals surface area (Å²) in [5.41, 5.74) is 9.03. The first-order valence-corrected chi connectivity index (χ1v) is 7.14. The average molecular weight is 321 g/mol. The minimum absolute atomic E-state index is 0.115. The van der Waals surface area contributed by atoms with Crippen LogP contribution in [0.15, 0.2) is 24.4 Å². The Hall–Kier alpha value is -3.60. The molecular formula is C16H15N7O. The largest absolute Gasteiger partial charge is 0.382 e. The summed E-state index contributed by atoms with van der Waals surface area (Å²) in [5, 5.41) is 5.01. The molecule has 0 aliphatic heterocycles. The SMILES string of the molecule is C#CCNC(=O)Nc1cnc(N)c(-c2nc3ccc(C)cc3[nH]2)n1. The molecule has 3 aromatic rings. The van der Waals surface area contributed by atoms with Crippen molar-refractivity contribution in [2.45, 2.75) is 6.92 Å². The second-order valence-electron chi connectivity index (χ2n) is 5.11. The van der Waals surface area contributed by atoms with E-state index in [2.05, 4.69) is 36.5 Å². The summed E-state index contributed by atoms with van der Waals surface area (Å²) in [6, 6.07) is 5.38. The minimum Gasteiger partial charge on any atom is -0.382 e. The Morgan fingerprint density at radius 1 is 1.42 bits per heavy atom. The van der Waals surface area contributed by atoms with E-state index >= 15 is 0 Å². The van der Waals surface area contributed by atoms with Gasteiger partial charge in [-0.3, -0.25) is 5.32 Å². The van der Waals surface area contributed by atoms with E-state index in [9.17, 15) is 4.79 Å². The number of aromatic amines is 1. The molecule has 8 heteroatoms. The van der Waals surface area contributed by atoms with Crippen molar-refractivity contribution in [3.8, 4) is 23.9 Å². The van der Waals surface area contributed by atoms with Crippen LogP contribution in [0.3, 0.4) is 0 Å². The topological polar surface area (TPSA) is 122 Å². The molecule has 2 amide bonds. The van der Waals surface area contributed by atoms with Gasteiger partial charge in [-0.05, 0) is 24.6 Å². The van der Waals surface area contributed by atoms with Gasteiger partial charge in [0.2, 0.25) is 0 Å². The number of aryl methyl sites for hydroxylation is 1. The fourth-order valence-electron chi connectivity index (χ4n) is 2.16. The van der Waals surface area contributed by atoms with Crippen molar-refractivity contribution in [1.82, 2.24) is 25.3 Å². The highest BCUT2D eigenvalue weighted by Gasteiger charge is 2.13. The normalized spacial score (nSPS) is 10.3. The number of fused-ring (bicyclic) bond motifs is 1. The van der Waals surface area contributed by atoms with Gasteiger partial charge in [0, 0.05) is 0 Å². The van der Waals surface area contributed by atoms with Crippen LogP contribution in [0.25, 0.3) is 22.6 Å². The molecule has 0 radical (unpaired) electrons. The highest BCUT2D eigenvalue weighted by Crippen LogP contribution is 2.24. The molecule has 0 bridgehead atoms. The Kier molecular flexibility index (Phi) is 3.99. The van der Waals surface area contributed by atoms with Crippen molar-refractivity contribution in [3.63, 3.8) is 0 Å². The molecule has 0 aliphatic carbocycles. The highest BCUT2D eigenvalue weighted by molar-refractivity contribution is 5.89. The first kappa shape index (κ1) is 15.3. The van der Waals surface area contributed by atoms with Crippen molar-refractivity contribution in [2.24, 2.45) is 0 Å². The zero-order valence-corrected chi connectivity index (χ0v) is 12.9. The Labute approximate surface area is 137 Å². The van der Waals surface area contributed by atoms with Crippen LogP contribution in [0.5, 0.6) is 0 Å². The number of carbonyl (C=O) groups excluding carboxylic acids is 1. The molecule has 0 saturated carbocycles. The number of rotatable bonds is 3. The summed E-state index contributed by atoms with van der Waals surface area (Å²) < 4.78 is 0. The van der Waals surface area contributed by atoms with Crippen molar-refractivity contribution in [3.05, 3.63) is 30.0 Å². The van der Waals surface area contributed by atoms with E-state index in [1.807, 2.05) is 25.1 Å². The number of benzene rings is 1. The van der Waals surface area contributed by atoms with Crippen LogP contribution >= 0.6 is 0 Å². The molecule has 2 heterocycles. The molecule has 1 aromatic carbocycles. The molecule has 5 N–H and O–H groups in total. The third-order valence-electron chi connectivity index (χ3n) is 3.26. The molecule has 3 rings (SSSR count). The number of H-pyrrole nitrogens is 1. The van der Waals surface area contributed by atoms with Gasteiger partial charge in [0.25, 0.3) is 0 Å². The first-order chi connectivity index (χ1) is 11.6. The summed E-state index contributed by atoms with van der Waals surface area (Å²) in [5.74, 6) is 3.24. The number of nitrogens with zero attached hydrogens (tertiary/aromatic N) is 3. The van der Waals surface area contributed by atoms with Crippen LogP contribution in [-0.4, -0.2) is 32.5 Å². The number of carbonyl (C=O) groups is 1. The van der Waals surface area contributed by atoms with E-state index in [0.717, 1.165) is 16.6 Å². The number of nitrogen functional groups attached to an aromatic ring is 1. The summed E-state index contributed by atoms with van der Waals surface area (Å²) in [7, 11) is 0. The van der Waals surface area contributed by atoms with Crippen LogP contribution in [0.4, 0.5) is 16.4 Å². The number of anilines is 2. The third kappa shape index (κ3) is 3.10. The number of urea groups is 1. The second kappa shape index (κ2) is 6.26. The molecule has 0 unspecified atom stereocenters. The number of hydrogen-bond acceptors (Lipinski definition) is 5. The Morgan fingerprint density at radius 2 is 2.25 bits per heavy atom. The van der Waals surface area contributed by atoms with Crippen LogP contribution in [0.2, 0.25) is 0 Å². The molecule has 8 nitrogen and oxygen atoms in total. The van der Waals surface area contributed by atoms with Crippen molar-refractivity contribution in [1.29, 1.82) is 0 Å². The molecule has 0 spiro atoms. The third-order valence-corrected chi connectivity index (χ3v) is 3.26. The fourth-order valence-corrected chi connectivity index (χ4v) is 2.16. The fraction of sp³-hybridized carbons (Fsp3) is 0.125. The summed E-state index contributed by atoms with van der Waals surface area (Å²) >= 11 is 0. The maximum Gasteiger partial charge on any atom is 0.321 e. The standard InChI is InChI=1S/C16H15N7O/c1-3-6-18-16(24)23-12-8-19-14(17)13(22-12)15-20-10-5-4-9(2)7-11(10)21-15/h1,4-5,7-8H,6H2,2H3,(H2,17,19)(H,20,21)(H2,18,22,23,24). The lowest BCUT2D eigenvalue weighted by molar-refractivity contribution is 0.253. The zero-order valence-electron chi connectivity index (χ0n) is 12.9. The smallest absolute Gasteiger partial charge is 0.321 e. The van der Waals surface area contributed by atoms with Gasteiger partial charge in [-0.15, -0.1) is 6.42 Å². The Balaban J connectivity index is 1.93. The Bertz CT molecular complexity index is 955. The summed E-state index contributed by atoms with van der Waals surface area (Å²) in [6.07, 6.45) is 6.45. The predicted octanol–water partition coefficient (Wildman–Crippen LogP) is 1.67. The van der Waals surface area contributed by atoms with Gasteiger partial charge >= 0.3 is 6.03 Å². The van der Waals surface area contributed by atoms with E-state index in [1.165, 1.54) is 6.20 Å². The second-order valence-corrected chi connectivity index (χ2v) is 5.11. The quantitative estimate of drug-likeness (QED) is 0.547. The number of terminal acetylenes is 1. The number of nitrogens with two attached hydrogens (primary N) is 1. The lowest BCUT2D eigenvalue weighted by atomic mass is 10.2. The molecule has 24 heavy (non-hydrogen) atoms. The van der Waals surface area contributed by atoms with E-state index < -0.39 is 6.03 Å². The van der Waals surface area contributed by atoms with E-state index in [-0.39, 0.29) is 18.2 Å². The van der Waals surface area contributed by atoms with Crippen molar-refractivity contribution >= 4 is 28.7 Å². The molecule has 0 fully saturated rings. The average Bonchev–Trinajstić information content (AvgIpc) is 2.97. The highest BCUT2D eigenvalue weighted by atomic mass is 16.2. The maximum atomic E-state index is 11.6. The lowest BCUT2D eigenvalue weighted by Gasteiger charge is -2.07. The van der Waals surface area contributed by atoms with Gasteiger partial charge in [-0.1, -0.05) is 12.0 Å². The molecule has 2 aromatic heterocycles. The van der Waals surface area contributed by atoms with E-state index in [1.54, 1.807) is 0 Å². The minimum atomic E-state index is -0.474. The molecular weight excluding hydrogens is 306 g/mol. The summed E-state index contributed by atoms with van der Waals surface area (Å²) in [4.78, 5) is 27.6. The van der Waals surface area contributed by atoms with Gasteiger partial charge in [0.1, 0.15) is 0 Å². The van der Waals surface area contributed by atoms with E-state index in [0.29, 0.717) is 11.5 Å². The van der Waals surface area contributed by atoms with Gasteiger partial charge in [-0.25, -0.2) is 19.7 Å².